The lowest BCUT2D eigenvalue weighted by molar-refractivity contribution is 0.0993. The molecule has 2 aromatic rings. The van der Waals surface area contributed by atoms with Gasteiger partial charge in [-0.1, -0.05) is 83.0 Å². The molecule has 2 aliphatic heterocycles. The van der Waals surface area contributed by atoms with Gasteiger partial charge in [-0.3, -0.25) is 0 Å². The second-order valence-corrected chi connectivity index (χ2v) is 8.28. The molecule has 0 bridgehead atoms. The third-order valence-electron chi connectivity index (χ3n) is 4.16. The van der Waals surface area contributed by atoms with Gasteiger partial charge in [0.15, 0.2) is 0 Å². The van der Waals surface area contributed by atoms with E-state index >= 15 is 0 Å². The molecule has 26 heavy (non-hydrogen) atoms. The minimum Gasteiger partial charge on any atom is -0.198 e. The Hall–Kier alpha value is -0.700. The van der Waals surface area contributed by atoms with Crippen LogP contribution in [0.5, 0.6) is 0 Å². The van der Waals surface area contributed by atoms with Crippen molar-refractivity contribution in [3.63, 3.8) is 0 Å². The number of nitrogens with zero attached hydrogens (tertiary/aromatic N) is 2. The predicted molar refractivity (Wildman–Crippen MR) is 114 cm³/mol. The van der Waals surface area contributed by atoms with Gasteiger partial charge in [0.25, 0.3) is 0 Å². The van der Waals surface area contributed by atoms with Crippen molar-refractivity contribution in [2.24, 2.45) is 0 Å². The Morgan fingerprint density at radius 3 is 1.42 bits per heavy atom. The molecule has 2 fully saturated rings. The summed E-state index contributed by atoms with van der Waals surface area (Å²) in [5, 5.41) is 5.58. The molecule has 2 aromatic carbocycles. The molecular formula is C16H10Cl4N4S2. The zero-order valence-electron chi connectivity index (χ0n) is 12.8. The van der Waals surface area contributed by atoms with Crippen LogP contribution in [0.25, 0.3) is 0 Å². The van der Waals surface area contributed by atoms with E-state index in [0.29, 0.717) is 30.1 Å². The van der Waals surface area contributed by atoms with Gasteiger partial charge in [0, 0.05) is 20.1 Å². The van der Waals surface area contributed by atoms with E-state index in [1.807, 2.05) is 12.1 Å². The van der Waals surface area contributed by atoms with Gasteiger partial charge in [-0.25, -0.2) is 0 Å². The molecule has 2 unspecified atom stereocenters. The molecule has 2 atom stereocenters. The molecular weight excluding hydrogens is 454 g/mol. The van der Waals surface area contributed by atoms with Crippen LogP contribution in [0.15, 0.2) is 36.4 Å². The van der Waals surface area contributed by atoms with Gasteiger partial charge in [-0.15, -0.1) is 0 Å². The third kappa shape index (κ3) is 3.08. The van der Waals surface area contributed by atoms with Crippen LogP contribution in [0, 0.1) is 0 Å². The maximum Gasteiger partial charge on any atom is 0.141 e. The van der Waals surface area contributed by atoms with Crippen LogP contribution in [0.2, 0.25) is 20.1 Å². The predicted octanol–water partition coefficient (Wildman–Crippen LogP) is 5.29. The Morgan fingerprint density at radius 2 is 1.08 bits per heavy atom. The van der Waals surface area contributed by atoms with E-state index in [4.69, 9.17) is 70.8 Å². The van der Waals surface area contributed by atoms with E-state index in [1.165, 1.54) is 0 Å². The SMILES string of the molecule is S=C1C(c2ccc(Cl)cc2Cl)NN2C(=S)C(c3ccc(Cl)cc3Cl)NN12. The van der Waals surface area contributed by atoms with Crippen LogP contribution in [0.3, 0.4) is 0 Å². The van der Waals surface area contributed by atoms with Crippen molar-refractivity contribution in [3.05, 3.63) is 67.6 Å². The van der Waals surface area contributed by atoms with Gasteiger partial charge in [0.2, 0.25) is 0 Å². The number of hydrogen-bond acceptors (Lipinski definition) is 4. The van der Waals surface area contributed by atoms with Gasteiger partial charge < -0.3 is 0 Å². The second kappa shape index (κ2) is 7.04. The number of benzene rings is 2. The highest BCUT2D eigenvalue weighted by Gasteiger charge is 2.46. The molecule has 0 spiro atoms. The second-order valence-electron chi connectivity index (χ2n) is 5.76. The summed E-state index contributed by atoms with van der Waals surface area (Å²) in [7, 11) is 0. The highest BCUT2D eigenvalue weighted by molar-refractivity contribution is 7.81. The first-order chi connectivity index (χ1) is 12.4. The standard InChI is InChI=1S/C16H10Cl4N4S2/c17-7-1-3-9(11(19)5-7)13-15(25)23-22-14(16(26)24(23)21-13)10-4-2-8(18)6-12(10)20/h1-6,13-14,21-22H. The monoisotopic (exact) mass is 462 g/mol. The summed E-state index contributed by atoms with van der Waals surface area (Å²) in [4.78, 5) is 1.17. The Morgan fingerprint density at radius 1 is 0.692 bits per heavy atom. The molecule has 2 heterocycles. The van der Waals surface area contributed by atoms with Crippen LogP contribution in [0.1, 0.15) is 23.2 Å². The van der Waals surface area contributed by atoms with Crippen molar-refractivity contribution >= 4 is 80.8 Å². The molecule has 0 radical (unpaired) electrons. The van der Waals surface area contributed by atoms with Gasteiger partial charge >= 0.3 is 0 Å². The highest BCUT2D eigenvalue weighted by atomic mass is 35.5. The van der Waals surface area contributed by atoms with Crippen LogP contribution in [-0.2, 0) is 0 Å². The summed E-state index contributed by atoms with van der Waals surface area (Å²) in [5.74, 6) is 0. The average Bonchev–Trinajstić information content (AvgIpc) is 3.06. The minimum atomic E-state index is -0.304. The molecule has 4 nitrogen and oxygen atoms in total. The number of hydrazine groups is 3. The lowest BCUT2D eigenvalue weighted by atomic mass is 10.1. The van der Waals surface area contributed by atoms with E-state index in [9.17, 15) is 0 Å². The van der Waals surface area contributed by atoms with E-state index in [2.05, 4.69) is 10.9 Å². The van der Waals surface area contributed by atoms with Crippen molar-refractivity contribution in [2.75, 3.05) is 0 Å². The fourth-order valence-electron chi connectivity index (χ4n) is 2.92. The topological polar surface area (TPSA) is 30.5 Å². The smallest absolute Gasteiger partial charge is 0.141 e. The zero-order chi connectivity index (χ0) is 18.6. The van der Waals surface area contributed by atoms with Gasteiger partial charge in [-0.05, 0) is 35.4 Å². The fraction of sp³-hybridized carbons (Fsp3) is 0.125. The first kappa shape index (κ1) is 18.7. The zero-order valence-corrected chi connectivity index (χ0v) is 17.5. The molecule has 0 aromatic heterocycles. The number of rotatable bonds is 2. The van der Waals surface area contributed by atoms with Crippen molar-refractivity contribution in [2.45, 2.75) is 12.1 Å². The minimum absolute atomic E-state index is 0.304. The van der Waals surface area contributed by atoms with E-state index < -0.39 is 0 Å². The summed E-state index contributed by atoms with van der Waals surface area (Å²) >= 11 is 35.8. The fourth-order valence-corrected chi connectivity index (χ4v) is 4.58. The Kier molecular flexibility index (Phi) is 5.05. The van der Waals surface area contributed by atoms with E-state index in [0.717, 1.165) is 11.1 Å². The molecule has 0 amide bonds. The summed E-state index contributed by atoms with van der Waals surface area (Å²) < 4.78 is 0. The Bertz CT molecular complexity index is 863. The van der Waals surface area contributed by atoms with Gasteiger partial charge in [0.05, 0.1) is 0 Å². The van der Waals surface area contributed by atoms with Crippen molar-refractivity contribution < 1.29 is 0 Å². The Balaban J connectivity index is 1.62. The number of halogens is 4. The highest BCUT2D eigenvalue weighted by Crippen LogP contribution is 2.37. The normalized spacial score (nSPS) is 22.3. The van der Waals surface area contributed by atoms with Crippen LogP contribution >= 0.6 is 70.8 Å². The maximum atomic E-state index is 6.32. The van der Waals surface area contributed by atoms with Crippen molar-refractivity contribution in [1.82, 2.24) is 21.1 Å². The van der Waals surface area contributed by atoms with E-state index in [-0.39, 0.29) is 12.1 Å². The Labute approximate surface area is 180 Å². The quantitative estimate of drug-likeness (QED) is 0.588. The molecule has 2 saturated heterocycles. The number of nitrogens with one attached hydrogen (secondary N) is 2. The third-order valence-corrected chi connectivity index (χ3v) is 6.10. The van der Waals surface area contributed by atoms with Crippen LogP contribution < -0.4 is 10.9 Å². The number of fused-ring (bicyclic) bond motifs is 1. The lowest BCUT2D eigenvalue weighted by Crippen LogP contribution is -2.42. The van der Waals surface area contributed by atoms with Crippen LogP contribution in [-0.4, -0.2) is 20.2 Å². The average molecular weight is 464 g/mol. The van der Waals surface area contributed by atoms with E-state index in [1.54, 1.807) is 34.5 Å². The van der Waals surface area contributed by atoms with Gasteiger partial charge in [0.1, 0.15) is 22.1 Å². The van der Waals surface area contributed by atoms with Crippen molar-refractivity contribution in [3.8, 4) is 0 Å². The number of hydrogen-bond donors (Lipinski definition) is 2. The molecule has 134 valence electrons. The molecule has 4 rings (SSSR count). The first-order valence-electron chi connectivity index (χ1n) is 7.47. The lowest BCUT2D eigenvalue weighted by Gasteiger charge is -2.18. The summed E-state index contributed by atoms with van der Waals surface area (Å²) in [6.45, 7) is 0. The molecule has 2 N–H and O–H groups in total. The van der Waals surface area contributed by atoms with Gasteiger partial charge in [-0.2, -0.15) is 21.1 Å². The summed E-state index contributed by atoms with van der Waals surface area (Å²) in [6, 6.07) is 9.99. The first-order valence-corrected chi connectivity index (χ1v) is 9.80. The van der Waals surface area contributed by atoms with Crippen molar-refractivity contribution in [1.29, 1.82) is 0 Å². The summed E-state index contributed by atoms with van der Waals surface area (Å²) in [5.41, 5.74) is 8.20. The molecule has 0 aliphatic carbocycles. The summed E-state index contributed by atoms with van der Waals surface area (Å²) in [6.07, 6.45) is 0. The largest absolute Gasteiger partial charge is 0.198 e. The molecule has 0 saturated carbocycles. The maximum absolute atomic E-state index is 6.32. The number of thiocarbonyl (C=S) groups is 2. The molecule has 2 aliphatic rings. The molecule has 10 heteroatoms. The van der Waals surface area contributed by atoms with Crippen LogP contribution in [0.4, 0.5) is 0 Å².